The number of benzene rings is 2. The Balaban J connectivity index is 1.27. The molecule has 1 aliphatic rings. The number of hydrogen-bond acceptors (Lipinski definition) is 5. The van der Waals surface area contributed by atoms with Crippen molar-refractivity contribution in [1.82, 2.24) is 24.5 Å². The van der Waals surface area contributed by atoms with Gasteiger partial charge < -0.3 is 0 Å². The summed E-state index contributed by atoms with van der Waals surface area (Å²) < 4.78 is 3.49. The van der Waals surface area contributed by atoms with E-state index in [9.17, 15) is 9.59 Å². The van der Waals surface area contributed by atoms with E-state index < -0.39 is 5.92 Å². The highest BCUT2D eigenvalue weighted by molar-refractivity contribution is 6.00. The van der Waals surface area contributed by atoms with Crippen molar-refractivity contribution in [3.05, 3.63) is 84.4 Å². The Morgan fingerprint density at radius 1 is 1.03 bits per heavy atom. The van der Waals surface area contributed by atoms with Gasteiger partial charge in [-0.1, -0.05) is 60.7 Å². The Labute approximate surface area is 191 Å². The third-order valence-corrected chi connectivity index (χ3v) is 5.95. The van der Waals surface area contributed by atoms with Crippen molar-refractivity contribution in [2.24, 2.45) is 5.92 Å². The second-order valence-corrected chi connectivity index (χ2v) is 8.24. The van der Waals surface area contributed by atoms with E-state index in [-0.39, 0.29) is 23.9 Å². The summed E-state index contributed by atoms with van der Waals surface area (Å²) in [6.45, 7) is 1.10. The molecular formula is C25H24N6O2. The average molecular weight is 441 g/mol. The topological polar surface area (TPSA) is 85.9 Å². The zero-order valence-electron chi connectivity index (χ0n) is 18.3. The van der Waals surface area contributed by atoms with Crippen LogP contribution in [0.3, 0.4) is 0 Å². The van der Waals surface area contributed by atoms with Crippen LogP contribution in [-0.2, 0) is 17.9 Å². The van der Waals surface area contributed by atoms with E-state index in [1.54, 1.807) is 23.0 Å². The van der Waals surface area contributed by atoms with Crippen molar-refractivity contribution in [1.29, 1.82) is 0 Å². The molecule has 8 nitrogen and oxygen atoms in total. The number of rotatable bonds is 6. The average Bonchev–Trinajstić information content (AvgIpc) is 3.47. The molecule has 1 aliphatic heterocycles. The second-order valence-electron chi connectivity index (χ2n) is 8.24. The van der Waals surface area contributed by atoms with Gasteiger partial charge in [0.15, 0.2) is 0 Å². The molecule has 8 heteroatoms. The first-order chi connectivity index (χ1) is 16.1. The molecule has 33 heavy (non-hydrogen) atoms. The monoisotopic (exact) mass is 440 g/mol. The van der Waals surface area contributed by atoms with E-state index >= 15 is 0 Å². The first kappa shape index (κ1) is 20.8. The molecular weight excluding hydrogens is 416 g/mol. The van der Waals surface area contributed by atoms with Crippen LogP contribution in [0.1, 0.15) is 29.0 Å². The molecule has 1 atom stereocenters. The number of hydrogen-bond donors (Lipinski definition) is 0. The maximum Gasteiger partial charge on any atom is 0.231 e. The van der Waals surface area contributed by atoms with E-state index in [1.807, 2.05) is 71.4 Å². The number of ketones is 1. The van der Waals surface area contributed by atoms with E-state index in [0.29, 0.717) is 19.5 Å². The van der Waals surface area contributed by atoms with Crippen molar-refractivity contribution < 1.29 is 9.59 Å². The van der Waals surface area contributed by atoms with Crippen LogP contribution in [0.15, 0.2) is 73.1 Å². The Hall–Kier alpha value is -4.07. The molecule has 0 spiro atoms. The van der Waals surface area contributed by atoms with Crippen molar-refractivity contribution in [3.8, 4) is 11.3 Å². The molecule has 0 radical (unpaired) electrons. The lowest BCUT2D eigenvalue weighted by Gasteiger charge is -2.18. The maximum absolute atomic E-state index is 13.2. The summed E-state index contributed by atoms with van der Waals surface area (Å²) in [5.74, 6) is 0.127. The fraction of sp³-hybridized carbons (Fsp3) is 0.240. The van der Waals surface area contributed by atoms with E-state index in [4.69, 9.17) is 5.10 Å². The molecule has 0 fully saturated rings. The minimum absolute atomic E-state index is 0.0783. The number of fused-ring (bicyclic) bond motifs is 1. The number of aryl methyl sites for hydroxylation is 1. The van der Waals surface area contributed by atoms with Gasteiger partial charge in [-0.3, -0.25) is 14.5 Å². The van der Waals surface area contributed by atoms with Gasteiger partial charge in [-0.15, -0.1) is 5.10 Å². The predicted octanol–water partition coefficient (Wildman–Crippen LogP) is 3.45. The Morgan fingerprint density at radius 2 is 1.76 bits per heavy atom. The summed E-state index contributed by atoms with van der Waals surface area (Å²) in [5.41, 5.74) is 2.90. The number of amides is 1. The number of Topliss-reactive ketones (excluding diaryl/α,β-unsaturated/α-hetero) is 1. The molecule has 0 N–H and O–H groups in total. The molecule has 0 bridgehead atoms. The number of carbonyl (C=O) groups is 2. The Bertz CT molecular complexity index is 1280. The van der Waals surface area contributed by atoms with E-state index in [0.717, 1.165) is 22.6 Å². The zero-order chi connectivity index (χ0) is 22.8. The largest absolute Gasteiger partial charge is 0.300 e. The van der Waals surface area contributed by atoms with Crippen LogP contribution in [0.5, 0.6) is 0 Å². The van der Waals surface area contributed by atoms with Crippen LogP contribution in [0.25, 0.3) is 11.3 Å². The zero-order valence-corrected chi connectivity index (χ0v) is 18.3. The molecule has 5 rings (SSSR count). The quantitative estimate of drug-likeness (QED) is 0.429. The van der Waals surface area contributed by atoms with E-state index in [1.165, 1.54) is 0 Å². The Morgan fingerprint density at radius 3 is 2.52 bits per heavy atom. The van der Waals surface area contributed by atoms with Gasteiger partial charge in [0.1, 0.15) is 12.1 Å². The number of aromatic nitrogens is 5. The summed E-state index contributed by atoms with van der Waals surface area (Å²) in [5, 5.41) is 9.02. The lowest BCUT2D eigenvalue weighted by atomic mass is 9.97. The van der Waals surface area contributed by atoms with Crippen LogP contribution in [0, 0.1) is 5.92 Å². The molecule has 0 saturated carbocycles. The molecule has 3 heterocycles. The summed E-state index contributed by atoms with van der Waals surface area (Å²) in [4.78, 5) is 31.8. The molecule has 0 aliphatic carbocycles. The maximum atomic E-state index is 13.2. The van der Waals surface area contributed by atoms with Crippen LogP contribution < -0.4 is 4.90 Å². The highest BCUT2D eigenvalue weighted by Gasteiger charge is 2.32. The fourth-order valence-corrected chi connectivity index (χ4v) is 4.15. The molecule has 1 amide bonds. The molecule has 166 valence electrons. The minimum Gasteiger partial charge on any atom is -0.300 e. The smallest absolute Gasteiger partial charge is 0.231 e. The SMILES string of the molecule is CN1C(=O)C(CC(=O)c2ncn(Cc3ccccc3)n2)CCn2nc(-c3ccccc3)cc21. The van der Waals surface area contributed by atoms with Crippen LogP contribution in [0.2, 0.25) is 0 Å². The number of carbonyl (C=O) groups excluding carboxylic acids is 2. The first-order valence-corrected chi connectivity index (χ1v) is 11.0. The van der Waals surface area contributed by atoms with Crippen molar-refractivity contribution in [2.45, 2.75) is 25.9 Å². The normalized spacial score (nSPS) is 15.8. The molecule has 4 aromatic rings. The third-order valence-electron chi connectivity index (χ3n) is 5.95. The fourth-order valence-electron chi connectivity index (χ4n) is 4.15. The van der Waals surface area contributed by atoms with Gasteiger partial charge >= 0.3 is 0 Å². The van der Waals surface area contributed by atoms with E-state index in [2.05, 4.69) is 10.1 Å². The molecule has 0 saturated heterocycles. The summed E-state index contributed by atoms with van der Waals surface area (Å²) in [6, 6.07) is 21.7. The van der Waals surface area contributed by atoms with Gasteiger partial charge in [-0.2, -0.15) is 5.10 Å². The lowest BCUT2D eigenvalue weighted by molar-refractivity contribution is -0.122. The number of nitrogens with zero attached hydrogens (tertiary/aromatic N) is 6. The summed E-state index contributed by atoms with van der Waals surface area (Å²) in [6.07, 6.45) is 2.17. The van der Waals surface area contributed by atoms with Crippen molar-refractivity contribution >= 4 is 17.5 Å². The van der Waals surface area contributed by atoms with Gasteiger partial charge in [0.2, 0.25) is 17.5 Å². The standard InChI is InChI=1S/C25H24N6O2/c1-29-23-15-21(19-10-6-3-7-11-19)27-31(23)13-12-20(25(29)33)14-22(32)24-26-17-30(28-24)16-18-8-4-2-5-9-18/h2-11,15,17,20H,12-14,16H2,1H3. The highest BCUT2D eigenvalue weighted by atomic mass is 16.2. The van der Waals surface area contributed by atoms with Gasteiger partial charge in [-0.25, -0.2) is 14.3 Å². The van der Waals surface area contributed by atoms with Crippen molar-refractivity contribution in [3.63, 3.8) is 0 Å². The van der Waals surface area contributed by atoms with Crippen LogP contribution in [-0.4, -0.2) is 43.3 Å². The Kier molecular flexibility index (Phi) is 5.56. The minimum atomic E-state index is -0.439. The summed E-state index contributed by atoms with van der Waals surface area (Å²) in [7, 11) is 1.74. The van der Waals surface area contributed by atoms with Gasteiger partial charge in [-0.05, 0) is 12.0 Å². The predicted molar refractivity (Wildman–Crippen MR) is 124 cm³/mol. The first-order valence-electron chi connectivity index (χ1n) is 11.0. The van der Waals surface area contributed by atoms with Gasteiger partial charge in [0.25, 0.3) is 0 Å². The number of anilines is 1. The van der Waals surface area contributed by atoms with Gasteiger partial charge in [0, 0.05) is 37.6 Å². The lowest BCUT2D eigenvalue weighted by Crippen LogP contribution is -2.33. The second kappa shape index (κ2) is 8.82. The van der Waals surface area contributed by atoms with Gasteiger partial charge in [0.05, 0.1) is 12.2 Å². The third kappa shape index (κ3) is 4.32. The van der Waals surface area contributed by atoms with Crippen LogP contribution >= 0.6 is 0 Å². The summed E-state index contributed by atoms with van der Waals surface area (Å²) >= 11 is 0. The molecule has 2 aromatic carbocycles. The molecule has 1 unspecified atom stereocenters. The highest BCUT2D eigenvalue weighted by Crippen LogP contribution is 2.29. The van der Waals surface area contributed by atoms with Crippen molar-refractivity contribution in [2.75, 3.05) is 11.9 Å². The van der Waals surface area contributed by atoms with Crippen LogP contribution in [0.4, 0.5) is 5.82 Å². The molecule has 2 aromatic heterocycles.